The Morgan fingerprint density at radius 2 is 1.83 bits per heavy atom. The molecule has 1 fully saturated rings. The summed E-state index contributed by atoms with van der Waals surface area (Å²) in [6.07, 6.45) is 0.275. The van der Waals surface area contributed by atoms with E-state index < -0.39 is 58.0 Å². The third-order valence-corrected chi connectivity index (χ3v) is 7.41. The van der Waals surface area contributed by atoms with Gasteiger partial charge in [-0.25, -0.2) is 0 Å². The summed E-state index contributed by atoms with van der Waals surface area (Å²) in [5, 5.41) is 45.7. The summed E-state index contributed by atoms with van der Waals surface area (Å²) in [5.74, 6) is -6.68. The Bertz CT molecular complexity index is 1210. The van der Waals surface area contributed by atoms with Crippen molar-refractivity contribution >= 4 is 35.6 Å². The van der Waals surface area contributed by atoms with Crippen molar-refractivity contribution in [3.05, 3.63) is 45.7 Å². The van der Waals surface area contributed by atoms with Gasteiger partial charge >= 0.3 is 0 Å². The van der Waals surface area contributed by atoms with Gasteiger partial charge in [0.15, 0.2) is 11.4 Å². The molecular weight excluding hydrogens is 494 g/mol. The van der Waals surface area contributed by atoms with E-state index in [2.05, 4.69) is 0 Å². The molecule has 36 heavy (non-hydrogen) atoms. The number of benzene rings is 1. The minimum Gasteiger partial charge on any atom is -0.508 e. The number of carbonyl (C=O) groups excluding carboxylic acids is 3. The molecule has 1 saturated carbocycles. The number of nitrogens with two attached hydrogens (primary N) is 1. The van der Waals surface area contributed by atoms with Gasteiger partial charge in [0.2, 0.25) is 5.78 Å². The number of hydrogen-bond donors (Lipinski definition) is 5. The van der Waals surface area contributed by atoms with Crippen LogP contribution >= 0.6 is 12.4 Å². The summed E-state index contributed by atoms with van der Waals surface area (Å²) in [4.78, 5) is 45.5. The van der Waals surface area contributed by atoms with Gasteiger partial charge in [0.25, 0.3) is 5.91 Å². The lowest BCUT2D eigenvalue weighted by Crippen LogP contribution is -2.65. The molecule has 196 valence electrons. The average Bonchev–Trinajstić information content (AvgIpc) is 2.77. The standard InChI is InChI=1S/C24H29N3O8.ClH/c1-26(2)18-13-8-11-7-12-10(9-27(3)35-4)5-6-14(28)16(12)19(29)15(11)21(31)24(13,34)22(32)17(20(18)30)23(25)33;/h5-6,11,13,18,28-29,32,34H,7-9H2,1-4H3,(H2,25,33);1H/t11?,13?,18?,24-;/m0./s1. The number of hydroxylamine groups is 2. The van der Waals surface area contributed by atoms with Gasteiger partial charge in [-0.2, -0.15) is 5.06 Å². The van der Waals surface area contributed by atoms with Crippen molar-refractivity contribution in [3.63, 3.8) is 0 Å². The zero-order valence-corrected chi connectivity index (χ0v) is 21.1. The number of rotatable bonds is 5. The molecule has 0 saturated heterocycles. The molecular formula is C24H30ClN3O8. The highest BCUT2D eigenvalue weighted by Crippen LogP contribution is 2.52. The number of amides is 1. The summed E-state index contributed by atoms with van der Waals surface area (Å²) in [6, 6.07) is 1.98. The van der Waals surface area contributed by atoms with Crippen molar-refractivity contribution in [1.29, 1.82) is 0 Å². The Labute approximate surface area is 213 Å². The molecule has 0 spiro atoms. The average molecular weight is 524 g/mol. The van der Waals surface area contributed by atoms with Crippen molar-refractivity contribution in [2.45, 2.75) is 31.0 Å². The van der Waals surface area contributed by atoms with Crippen molar-refractivity contribution in [1.82, 2.24) is 9.96 Å². The summed E-state index contributed by atoms with van der Waals surface area (Å²) in [7, 11) is 6.34. The Kier molecular flexibility index (Phi) is 7.28. The molecule has 1 aromatic rings. The normalized spacial score (nSPS) is 27.6. The highest BCUT2D eigenvalue weighted by molar-refractivity contribution is 6.24. The molecule has 1 aromatic carbocycles. The smallest absolute Gasteiger partial charge is 0.255 e. The van der Waals surface area contributed by atoms with Crippen molar-refractivity contribution in [3.8, 4) is 5.75 Å². The van der Waals surface area contributed by atoms with E-state index in [1.807, 2.05) is 0 Å². The van der Waals surface area contributed by atoms with Gasteiger partial charge in [0.05, 0.1) is 18.7 Å². The molecule has 4 atom stereocenters. The molecule has 0 aromatic heterocycles. The Morgan fingerprint density at radius 3 is 2.39 bits per heavy atom. The summed E-state index contributed by atoms with van der Waals surface area (Å²) in [6.45, 7) is 0.333. The van der Waals surface area contributed by atoms with Crippen LogP contribution in [-0.2, 0) is 32.2 Å². The SMILES string of the molecule is CON(C)Cc1ccc(O)c2c1CC1CC3C(N(C)C)C(=O)C(C(N)=O)=C(O)[C@@]3(O)C(=O)C1=C2O.Cl. The number of aliphatic hydroxyl groups excluding tert-OH is 2. The first-order chi connectivity index (χ1) is 16.4. The van der Waals surface area contributed by atoms with E-state index >= 15 is 0 Å². The maximum atomic E-state index is 13.8. The molecule has 6 N–H and O–H groups in total. The molecule has 1 amide bonds. The number of halogens is 1. The maximum absolute atomic E-state index is 13.8. The number of primary amides is 1. The number of phenols is 1. The van der Waals surface area contributed by atoms with Crippen molar-refractivity contribution < 1.29 is 39.6 Å². The van der Waals surface area contributed by atoms with Gasteiger partial charge in [-0.15, -0.1) is 12.4 Å². The lowest BCUT2D eigenvalue weighted by molar-refractivity contribution is -0.153. The molecule has 0 bridgehead atoms. The van der Waals surface area contributed by atoms with Crippen molar-refractivity contribution in [2.75, 3.05) is 28.3 Å². The summed E-state index contributed by atoms with van der Waals surface area (Å²) >= 11 is 0. The van der Waals surface area contributed by atoms with E-state index in [-0.39, 0.29) is 42.1 Å². The number of ketones is 2. The van der Waals surface area contributed by atoms with Crippen LogP contribution in [0.4, 0.5) is 0 Å². The lowest BCUT2D eigenvalue weighted by atomic mass is 9.57. The van der Waals surface area contributed by atoms with Crippen LogP contribution in [0.2, 0.25) is 0 Å². The van der Waals surface area contributed by atoms with Crippen LogP contribution in [0.3, 0.4) is 0 Å². The topological polar surface area (TPSA) is 174 Å². The molecule has 3 aliphatic carbocycles. The molecule has 3 unspecified atom stereocenters. The van der Waals surface area contributed by atoms with Gasteiger partial charge in [-0.3, -0.25) is 19.3 Å². The monoisotopic (exact) mass is 523 g/mol. The Hall–Kier alpha value is -2.96. The molecule has 4 rings (SSSR count). The van der Waals surface area contributed by atoms with E-state index in [1.165, 1.54) is 18.1 Å². The largest absolute Gasteiger partial charge is 0.508 e. The van der Waals surface area contributed by atoms with Crippen LogP contribution in [-0.4, -0.2) is 87.8 Å². The van der Waals surface area contributed by atoms with Crippen LogP contribution in [0.25, 0.3) is 5.76 Å². The molecule has 0 heterocycles. The van der Waals surface area contributed by atoms with Crippen LogP contribution in [0.15, 0.2) is 29.0 Å². The Balaban J connectivity index is 0.00000361. The third kappa shape index (κ3) is 3.78. The second kappa shape index (κ2) is 9.49. The molecule has 0 aliphatic heterocycles. The van der Waals surface area contributed by atoms with E-state index in [4.69, 9.17) is 10.6 Å². The Morgan fingerprint density at radius 1 is 1.19 bits per heavy atom. The maximum Gasteiger partial charge on any atom is 0.255 e. The first kappa shape index (κ1) is 27.6. The van der Waals surface area contributed by atoms with Gasteiger partial charge in [-0.05, 0) is 50.0 Å². The first-order valence-corrected chi connectivity index (χ1v) is 11.1. The zero-order chi connectivity index (χ0) is 26.0. The fraction of sp³-hybridized carbons (Fsp3) is 0.458. The summed E-state index contributed by atoms with van der Waals surface area (Å²) < 4.78 is 0. The fourth-order valence-electron chi connectivity index (χ4n) is 5.76. The number of phenolic OH excluding ortho intramolecular Hbond substituents is 1. The number of likely N-dealkylation sites (N-methyl/N-ethyl adjacent to an activating group) is 1. The molecule has 12 heteroatoms. The van der Waals surface area contributed by atoms with Crippen LogP contribution in [0, 0.1) is 11.8 Å². The lowest BCUT2D eigenvalue weighted by Gasteiger charge is -2.50. The highest BCUT2D eigenvalue weighted by Gasteiger charge is 2.64. The molecule has 0 radical (unpaired) electrons. The number of aromatic hydroxyl groups is 1. The molecule has 11 nitrogen and oxygen atoms in total. The van der Waals surface area contributed by atoms with Crippen LogP contribution in [0.5, 0.6) is 5.75 Å². The number of carbonyl (C=O) groups is 3. The van der Waals surface area contributed by atoms with Gasteiger partial charge in [-0.1, -0.05) is 6.07 Å². The van der Waals surface area contributed by atoms with Gasteiger partial charge < -0.3 is 31.0 Å². The first-order valence-electron chi connectivity index (χ1n) is 11.1. The highest BCUT2D eigenvalue weighted by atomic mass is 35.5. The van der Waals surface area contributed by atoms with Gasteiger partial charge in [0, 0.05) is 25.1 Å². The predicted octanol–water partition coefficient (Wildman–Crippen LogP) is 0.379. The quantitative estimate of drug-likeness (QED) is 0.268. The minimum atomic E-state index is -2.64. The van der Waals surface area contributed by atoms with E-state index in [0.29, 0.717) is 12.1 Å². The number of aliphatic hydroxyl groups is 3. The van der Waals surface area contributed by atoms with E-state index in [0.717, 1.165) is 5.56 Å². The van der Waals surface area contributed by atoms with Gasteiger partial charge in [0.1, 0.15) is 22.8 Å². The predicted molar refractivity (Wildman–Crippen MR) is 130 cm³/mol. The van der Waals surface area contributed by atoms with Crippen LogP contribution < -0.4 is 5.73 Å². The molecule has 3 aliphatic rings. The second-order valence-electron chi connectivity index (χ2n) is 9.53. The minimum absolute atomic E-state index is 0. The summed E-state index contributed by atoms with van der Waals surface area (Å²) in [5.41, 5.74) is 3.09. The number of Topliss-reactive ketones (excluding diaryl/α,β-unsaturated/α-hetero) is 2. The van der Waals surface area contributed by atoms with Crippen molar-refractivity contribution in [2.24, 2.45) is 17.6 Å². The van der Waals surface area contributed by atoms with E-state index in [9.17, 15) is 34.8 Å². The zero-order valence-electron chi connectivity index (χ0n) is 20.3. The van der Waals surface area contributed by atoms with Crippen LogP contribution in [0.1, 0.15) is 23.1 Å². The second-order valence-corrected chi connectivity index (χ2v) is 9.53. The number of hydrogen-bond acceptors (Lipinski definition) is 10. The third-order valence-electron chi connectivity index (χ3n) is 7.41. The number of nitrogens with zero attached hydrogens (tertiary/aromatic N) is 2. The fourth-order valence-corrected chi connectivity index (χ4v) is 5.76. The number of fused-ring (bicyclic) bond motifs is 3. The van der Waals surface area contributed by atoms with E-state index in [1.54, 1.807) is 32.3 Å².